The van der Waals surface area contributed by atoms with Crippen molar-refractivity contribution >= 4 is 33.4 Å². The minimum Gasteiger partial charge on any atom is -0.298 e. The monoisotopic (exact) mass is 378 g/mol. The fourth-order valence-corrected chi connectivity index (χ4v) is 3.50. The number of amides is 1. The van der Waals surface area contributed by atoms with Gasteiger partial charge in [-0.25, -0.2) is 14.6 Å². The third-order valence-corrected chi connectivity index (χ3v) is 4.90. The molecule has 0 fully saturated rings. The van der Waals surface area contributed by atoms with Crippen molar-refractivity contribution < 1.29 is 4.79 Å². The number of nitrogens with zero attached hydrogens (tertiary/aromatic N) is 5. The van der Waals surface area contributed by atoms with Crippen LogP contribution in [-0.2, 0) is 0 Å². The molecule has 0 saturated carbocycles. The van der Waals surface area contributed by atoms with Crippen LogP contribution in [0.2, 0.25) is 0 Å². The zero-order valence-corrected chi connectivity index (χ0v) is 16.0. The molecule has 0 atom stereocenters. The van der Waals surface area contributed by atoms with Crippen LogP contribution in [0, 0.1) is 6.92 Å². The molecule has 27 heavy (non-hydrogen) atoms. The fraction of sp³-hybridized carbons (Fsp3) is 0.211. The van der Waals surface area contributed by atoms with E-state index in [9.17, 15) is 4.79 Å². The van der Waals surface area contributed by atoms with E-state index in [4.69, 9.17) is 0 Å². The van der Waals surface area contributed by atoms with Gasteiger partial charge in [0.1, 0.15) is 5.69 Å². The molecule has 0 spiro atoms. The van der Waals surface area contributed by atoms with Crippen molar-refractivity contribution in [1.82, 2.24) is 24.7 Å². The number of pyridine rings is 2. The summed E-state index contributed by atoms with van der Waals surface area (Å²) >= 11 is 1.36. The van der Waals surface area contributed by atoms with Crippen LogP contribution in [0.5, 0.6) is 0 Å². The van der Waals surface area contributed by atoms with Gasteiger partial charge in [-0.15, -0.1) is 11.3 Å². The summed E-state index contributed by atoms with van der Waals surface area (Å²) in [6, 6.07) is 7.67. The maximum absolute atomic E-state index is 12.7. The Kier molecular flexibility index (Phi) is 4.41. The van der Waals surface area contributed by atoms with Crippen molar-refractivity contribution in [2.75, 3.05) is 5.32 Å². The Morgan fingerprint density at radius 2 is 2.07 bits per heavy atom. The SMILES string of the molecule is Cc1nc2c(cnn2C(C)C)cc1C(=O)Nc1nc(-c2ccccn2)cs1. The molecule has 4 heterocycles. The molecule has 0 unspecified atom stereocenters. The van der Waals surface area contributed by atoms with Crippen LogP contribution in [0.1, 0.15) is 35.9 Å². The van der Waals surface area contributed by atoms with E-state index in [0.29, 0.717) is 16.4 Å². The summed E-state index contributed by atoms with van der Waals surface area (Å²) in [6.07, 6.45) is 3.45. The first-order valence-electron chi connectivity index (χ1n) is 8.56. The summed E-state index contributed by atoms with van der Waals surface area (Å²) < 4.78 is 1.85. The molecule has 0 radical (unpaired) electrons. The summed E-state index contributed by atoms with van der Waals surface area (Å²) in [5, 5.41) is 10.5. The van der Waals surface area contributed by atoms with E-state index >= 15 is 0 Å². The summed E-state index contributed by atoms with van der Waals surface area (Å²) in [4.78, 5) is 26.1. The van der Waals surface area contributed by atoms with Gasteiger partial charge in [0.25, 0.3) is 5.91 Å². The van der Waals surface area contributed by atoms with Gasteiger partial charge in [0, 0.05) is 23.0 Å². The first-order valence-corrected chi connectivity index (χ1v) is 9.44. The van der Waals surface area contributed by atoms with E-state index in [1.54, 1.807) is 12.4 Å². The van der Waals surface area contributed by atoms with Crippen molar-refractivity contribution in [3.8, 4) is 11.4 Å². The molecule has 1 amide bonds. The number of anilines is 1. The lowest BCUT2D eigenvalue weighted by atomic mass is 10.1. The summed E-state index contributed by atoms with van der Waals surface area (Å²) in [5.74, 6) is -0.235. The lowest BCUT2D eigenvalue weighted by molar-refractivity contribution is 0.102. The van der Waals surface area contributed by atoms with E-state index < -0.39 is 0 Å². The molecular formula is C19H18N6OS. The van der Waals surface area contributed by atoms with Gasteiger partial charge in [0.2, 0.25) is 0 Å². The number of aromatic nitrogens is 5. The lowest BCUT2D eigenvalue weighted by Crippen LogP contribution is -2.14. The van der Waals surface area contributed by atoms with Crippen LogP contribution < -0.4 is 5.32 Å². The molecule has 0 aliphatic rings. The molecule has 0 saturated heterocycles. The number of hydrogen-bond acceptors (Lipinski definition) is 6. The van der Waals surface area contributed by atoms with Crippen LogP contribution in [0.25, 0.3) is 22.4 Å². The predicted octanol–water partition coefficient (Wildman–Crippen LogP) is 4.09. The minimum atomic E-state index is -0.235. The highest BCUT2D eigenvalue weighted by Gasteiger charge is 2.17. The van der Waals surface area contributed by atoms with Gasteiger partial charge in [-0.3, -0.25) is 15.1 Å². The van der Waals surface area contributed by atoms with Gasteiger partial charge >= 0.3 is 0 Å². The van der Waals surface area contributed by atoms with Gasteiger partial charge in [-0.05, 0) is 39.0 Å². The Hall–Kier alpha value is -3.13. The second kappa shape index (κ2) is 6.88. The molecule has 0 aromatic carbocycles. The lowest BCUT2D eigenvalue weighted by Gasteiger charge is -2.09. The minimum absolute atomic E-state index is 0.203. The smallest absolute Gasteiger partial charge is 0.259 e. The molecule has 0 aliphatic heterocycles. The van der Waals surface area contributed by atoms with E-state index in [1.165, 1.54) is 11.3 Å². The van der Waals surface area contributed by atoms with Gasteiger partial charge in [0.15, 0.2) is 10.8 Å². The Morgan fingerprint density at radius 3 is 2.81 bits per heavy atom. The number of thiazole rings is 1. The number of carbonyl (C=O) groups excluding carboxylic acids is 1. The molecule has 4 aromatic rings. The van der Waals surface area contributed by atoms with Crippen LogP contribution in [0.4, 0.5) is 5.13 Å². The van der Waals surface area contributed by atoms with Crippen molar-refractivity contribution in [2.45, 2.75) is 26.8 Å². The second-order valence-corrected chi connectivity index (χ2v) is 7.28. The third kappa shape index (κ3) is 3.31. The Bertz CT molecular complexity index is 1120. The van der Waals surface area contributed by atoms with Gasteiger partial charge < -0.3 is 0 Å². The highest BCUT2D eigenvalue weighted by Crippen LogP contribution is 2.25. The average molecular weight is 378 g/mol. The largest absolute Gasteiger partial charge is 0.298 e. The van der Waals surface area contributed by atoms with Crippen molar-refractivity contribution in [3.05, 3.63) is 53.3 Å². The topological polar surface area (TPSA) is 85.6 Å². The number of hydrogen-bond donors (Lipinski definition) is 1. The number of fused-ring (bicyclic) bond motifs is 1. The van der Waals surface area contributed by atoms with E-state index in [2.05, 4.69) is 25.4 Å². The van der Waals surface area contributed by atoms with Crippen LogP contribution >= 0.6 is 11.3 Å². The maximum Gasteiger partial charge on any atom is 0.259 e. The van der Waals surface area contributed by atoms with Gasteiger partial charge in [0.05, 0.1) is 23.1 Å². The third-order valence-electron chi connectivity index (χ3n) is 4.15. The summed E-state index contributed by atoms with van der Waals surface area (Å²) in [7, 11) is 0. The van der Waals surface area contributed by atoms with Crippen LogP contribution in [0.15, 0.2) is 42.0 Å². The van der Waals surface area contributed by atoms with Gasteiger partial charge in [-0.1, -0.05) is 6.07 Å². The molecule has 136 valence electrons. The quantitative estimate of drug-likeness (QED) is 0.578. The number of carbonyl (C=O) groups is 1. The Morgan fingerprint density at radius 1 is 1.22 bits per heavy atom. The highest BCUT2D eigenvalue weighted by atomic mass is 32.1. The number of aryl methyl sites for hydroxylation is 1. The molecule has 4 aromatic heterocycles. The molecule has 0 bridgehead atoms. The predicted molar refractivity (Wildman–Crippen MR) is 106 cm³/mol. The van der Waals surface area contributed by atoms with Crippen LogP contribution in [-0.4, -0.2) is 30.6 Å². The zero-order chi connectivity index (χ0) is 19.0. The van der Waals surface area contributed by atoms with Crippen molar-refractivity contribution in [2.24, 2.45) is 0 Å². The van der Waals surface area contributed by atoms with E-state index in [0.717, 1.165) is 22.4 Å². The molecule has 8 heteroatoms. The van der Waals surface area contributed by atoms with Crippen molar-refractivity contribution in [3.63, 3.8) is 0 Å². The maximum atomic E-state index is 12.7. The Balaban J connectivity index is 1.60. The van der Waals surface area contributed by atoms with Crippen molar-refractivity contribution in [1.29, 1.82) is 0 Å². The molecule has 0 aliphatic carbocycles. The molecule has 1 N–H and O–H groups in total. The van der Waals surface area contributed by atoms with Gasteiger partial charge in [-0.2, -0.15) is 5.10 Å². The number of nitrogens with one attached hydrogen (secondary N) is 1. The second-order valence-electron chi connectivity index (χ2n) is 6.42. The number of rotatable bonds is 4. The molecular weight excluding hydrogens is 360 g/mol. The van der Waals surface area contributed by atoms with Crippen LogP contribution in [0.3, 0.4) is 0 Å². The standard InChI is InChI=1S/C19H18N6OS/c1-11(2)25-17-13(9-21-25)8-14(12(3)22-17)18(26)24-19-23-16(10-27-19)15-6-4-5-7-20-15/h4-11H,1-3H3,(H,23,24,26). The van der Waals surface area contributed by atoms with E-state index in [1.807, 2.05) is 55.1 Å². The molecule has 4 rings (SSSR count). The zero-order valence-electron chi connectivity index (χ0n) is 15.2. The summed E-state index contributed by atoms with van der Waals surface area (Å²) in [6.45, 7) is 5.92. The Labute approximate surface area is 160 Å². The first kappa shape index (κ1) is 17.3. The fourth-order valence-electron chi connectivity index (χ4n) is 2.80. The van der Waals surface area contributed by atoms with E-state index in [-0.39, 0.29) is 11.9 Å². The normalized spacial score (nSPS) is 11.3. The highest BCUT2D eigenvalue weighted by molar-refractivity contribution is 7.14. The average Bonchev–Trinajstić information content (AvgIpc) is 3.28. The molecule has 7 nitrogen and oxygen atoms in total. The first-order chi connectivity index (χ1) is 13.0. The summed E-state index contributed by atoms with van der Waals surface area (Å²) in [5.41, 5.74) is 3.46.